The maximum atomic E-state index is 12.4. The highest BCUT2D eigenvalue weighted by Gasteiger charge is 2.39. The maximum Gasteiger partial charge on any atom is 0.471 e. The third-order valence-electron chi connectivity index (χ3n) is 4.22. The third kappa shape index (κ3) is 7.11. The molecule has 3 rings (SSSR count). The van der Waals surface area contributed by atoms with Crippen molar-refractivity contribution in [3.8, 4) is 0 Å². The molecule has 2 N–H and O–H groups in total. The summed E-state index contributed by atoms with van der Waals surface area (Å²) in [6.45, 7) is -0.755. The van der Waals surface area contributed by atoms with E-state index in [1.165, 1.54) is 5.32 Å². The lowest BCUT2D eigenvalue weighted by Gasteiger charge is -2.18. The molecule has 0 aliphatic carbocycles. The van der Waals surface area contributed by atoms with Gasteiger partial charge in [0.25, 0.3) is 0 Å². The number of carboxylic acids is 1. The number of amides is 1. The average molecular weight is 507 g/mol. The summed E-state index contributed by atoms with van der Waals surface area (Å²) in [5, 5.41) is 14.7. The van der Waals surface area contributed by atoms with Crippen LogP contribution in [0, 0.1) is 0 Å². The smallest absolute Gasteiger partial charge is 0.471 e. The lowest BCUT2D eigenvalue weighted by Crippen LogP contribution is -2.29. The molecule has 1 heterocycles. The second-order valence-electron chi connectivity index (χ2n) is 6.70. The molecule has 35 heavy (non-hydrogen) atoms. The van der Waals surface area contributed by atoms with Crippen molar-refractivity contribution in [3.63, 3.8) is 0 Å². The number of hydrogen-bond donors (Lipinski definition) is 2. The van der Waals surface area contributed by atoms with Gasteiger partial charge in [0.2, 0.25) is 12.3 Å². The minimum atomic E-state index is -5.14. The maximum absolute atomic E-state index is 12.4. The van der Waals surface area contributed by atoms with Gasteiger partial charge >= 0.3 is 24.0 Å². The molecule has 3 aromatic rings. The van der Waals surface area contributed by atoms with E-state index in [1.54, 1.807) is 60.7 Å². The van der Waals surface area contributed by atoms with E-state index in [-0.39, 0.29) is 5.69 Å². The van der Waals surface area contributed by atoms with Gasteiger partial charge in [0.15, 0.2) is 11.2 Å². The van der Waals surface area contributed by atoms with Crippen molar-refractivity contribution in [1.29, 1.82) is 0 Å². The predicted octanol–water partition coefficient (Wildman–Crippen LogP) is 3.78. The van der Waals surface area contributed by atoms with Crippen molar-refractivity contribution in [1.82, 2.24) is 4.98 Å². The van der Waals surface area contributed by atoms with Crippen molar-refractivity contribution in [2.75, 3.05) is 11.9 Å². The van der Waals surface area contributed by atoms with Crippen molar-refractivity contribution in [2.24, 2.45) is 5.16 Å². The summed E-state index contributed by atoms with van der Waals surface area (Å²) in [7, 11) is 0. The number of nitrogens with zero attached hydrogens (tertiary/aromatic N) is 2. The number of esters is 1. The Kier molecular flexibility index (Phi) is 8.15. The number of ether oxygens (including phenoxy) is 1. The molecular weight excluding hydrogens is 491 g/mol. The number of rotatable bonds is 9. The van der Waals surface area contributed by atoms with E-state index in [9.17, 15) is 32.7 Å². The number of anilines is 1. The highest BCUT2D eigenvalue weighted by molar-refractivity contribution is 7.14. The first-order valence-electron chi connectivity index (χ1n) is 9.72. The zero-order valence-electron chi connectivity index (χ0n) is 17.6. The highest BCUT2D eigenvalue weighted by atomic mass is 32.1. The van der Waals surface area contributed by atoms with Crippen LogP contribution in [0.3, 0.4) is 0 Å². The molecule has 0 atom stereocenters. The minimum Gasteiger partial charge on any atom is -0.476 e. The molecule has 0 fully saturated rings. The van der Waals surface area contributed by atoms with Crippen molar-refractivity contribution in [3.05, 3.63) is 82.9 Å². The topological polar surface area (TPSA) is 127 Å². The van der Waals surface area contributed by atoms with Crippen molar-refractivity contribution in [2.45, 2.75) is 12.3 Å². The molecule has 2 aromatic carbocycles. The Hall–Kier alpha value is -4.26. The molecule has 0 saturated heterocycles. The Morgan fingerprint density at radius 2 is 1.60 bits per heavy atom. The van der Waals surface area contributed by atoms with E-state index in [1.807, 2.05) is 0 Å². The minimum absolute atomic E-state index is 0.375. The van der Waals surface area contributed by atoms with Gasteiger partial charge in [0, 0.05) is 5.38 Å². The van der Waals surface area contributed by atoms with Gasteiger partial charge in [-0.3, -0.25) is 10.1 Å². The lowest BCUT2D eigenvalue weighted by atomic mass is 10.0. The number of aromatic nitrogens is 1. The summed E-state index contributed by atoms with van der Waals surface area (Å²) in [5.74, 6) is -4.74. The van der Waals surface area contributed by atoms with Crippen LogP contribution in [0.2, 0.25) is 0 Å². The molecule has 0 aliphatic heterocycles. The molecule has 0 aliphatic rings. The summed E-state index contributed by atoms with van der Waals surface area (Å²) in [6, 6.07) is 17.8. The van der Waals surface area contributed by atoms with Crippen LogP contribution < -0.4 is 5.32 Å². The van der Waals surface area contributed by atoms with E-state index < -0.39 is 47.6 Å². The summed E-state index contributed by atoms with van der Waals surface area (Å²) >= 11 is 0.549. The fourth-order valence-electron chi connectivity index (χ4n) is 2.70. The molecule has 0 unspecified atom stereocenters. The Morgan fingerprint density at radius 3 is 2.11 bits per heavy atom. The SMILES string of the molecule is O=C(CO/N=C(/C(=O)O)c1csc(NC(=O)C(F)(F)F)n1)OC(c1ccccc1)c1ccccc1. The largest absolute Gasteiger partial charge is 0.476 e. The zero-order chi connectivity index (χ0) is 25.4. The molecule has 0 radical (unpaired) electrons. The number of halogens is 3. The number of thiazole rings is 1. The normalized spacial score (nSPS) is 11.7. The van der Waals surface area contributed by atoms with Gasteiger partial charge in [0.1, 0.15) is 5.69 Å². The van der Waals surface area contributed by atoms with Crippen LogP contribution in [0.15, 0.2) is 71.2 Å². The van der Waals surface area contributed by atoms with Crippen LogP contribution in [-0.2, 0) is 24.0 Å². The predicted molar refractivity (Wildman–Crippen MR) is 118 cm³/mol. The number of hydrogen-bond acceptors (Lipinski definition) is 8. The molecule has 0 bridgehead atoms. The molecular formula is C22H16F3N3O6S. The van der Waals surface area contributed by atoms with Crippen LogP contribution in [0.1, 0.15) is 22.9 Å². The first-order chi connectivity index (χ1) is 16.6. The number of alkyl halides is 3. The standard InChI is InChI=1S/C22H16F3N3O6S/c23-22(24,25)20(32)27-21-26-15(12-35-21)17(19(30)31)28-33-11-16(29)34-18(13-7-3-1-4-8-13)14-9-5-2-6-10-14/h1-10,12,18H,11H2,(H,30,31)(H,26,27,32)/b28-17+. The van der Waals surface area contributed by atoms with Gasteiger partial charge < -0.3 is 14.7 Å². The number of oxime groups is 1. The van der Waals surface area contributed by atoms with E-state index >= 15 is 0 Å². The summed E-state index contributed by atoms with van der Waals surface area (Å²) in [4.78, 5) is 43.3. The Balaban J connectivity index is 1.67. The fourth-order valence-corrected chi connectivity index (χ4v) is 3.39. The first kappa shape index (κ1) is 25.4. The average Bonchev–Trinajstić information content (AvgIpc) is 3.28. The Morgan fingerprint density at radius 1 is 1.03 bits per heavy atom. The second-order valence-corrected chi connectivity index (χ2v) is 7.56. The molecule has 0 spiro atoms. The molecule has 13 heteroatoms. The Bertz CT molecular complexity index is 1180. The van der Waals surface area contributed by atoms with E-state index in [4.69, 9.17) is 9.57 Å². The summed E-state index contributed by atoms with van der Waals surface area (Å²) in [6.07, 6.45) is -5.90. The third-order valence-corrected chi connectivity index (χ3v) is 4.98. The lowest BCUT2D eigenvalue weighted by molar-refractivity contribution is -0.167. The molecule has 1 amide bonds. The quantitative estimate of drug-likeness (QED) is 0.256. The second kappa shape index (κ2) is 11.2. The number of benzene rings is 2. The molecule has 1 aromatic heterocycles. The number of carbonyl (C=O) groups is 3. The molecule has 0 saturated carbocycles. The number of nitrogens with one attached hydrogen (secondary N) is 1. The molecule has 9 nitrogen and oxygen atoms in total. The van der Waals surface area contributed by atoms with Gasteiger partial charge in [-0.15, -0.1) is 11.3 Å². The number of aliphatic carboxylic acids is 1. The van der Waals surface area contributed by atoms with Gasteiger partial charge in [-0.2, -0.15) is 13.2 Å². The van der Waals surface area contributed by atoms with Crippen LogP contribution in [0.4, 0.5) is 18.3 Å². The van der Waals surface area contributed by atoms with E-state index in [0.29, 0.717) is 22.5 Å². The van der Waals surface area contributed by atoms with Crippen molar-refractivity contribution < 1.29 is 42.2 Å². The van der Waals surface area contributed by atoms with E-state index in [0.717, 1.165) is 5.38 Å². The van der Waals surface area contributed by atoms with Gasteiger partial charge in [0.05, 0.1) is 0 Å². The fraction of sp³-hybridized carbons (Fsp3) is 0.136. The number of carboxylic acid groups (broad SMARTS) is 1. The van der Waals surface area contributed by atoms with Crippen LogP contribution in [0.5, 0.6) is 0 Å². The Labute approximate surface area is 199 Å². The van der Waals surface area contributed by atoms with Crippen molar-refractivity contribution >= 4 is 40.0 Å². The first-order valence-corrected chi connectivity index (χ1v) is 10.6. The van der Waals surface area contributed by atoms with Crippen LogP contribution in [-0.4, -0.2) is 46.4 Å². The summed E-state index contributed by atoms with van der Waals surface area (Å²) < 4.78 is 42.6. The molecule has 182 valence electrons. The van der Waals surface area contributed by atoms with Crippen LogP contribution in [0.25, 0.3) is 0 Å². The monoisotopic (exact) mass is 507 g/mol. The zero-order valence-corrected chi connectivity index (χ0v) is 18.4. The highest BCUT2D eigenvalue weighted by Crippen LogP contribution is 2.26. The van der Waals surface area contributed by atoms with E-state index in [2.05, 4.69) is 10.1 Å². The number of carbonyl (C=O) groups excluding carboxylic acids is 2. The van der Waals surface area contributed by atoms with Gasteiger partial charge in [-0.25, -0.2) is 14.6 Å². The van der Waals surface area contributed by atoms with Gasteiger partial charge in [-0.05, 0) is 11.1 Å². The van der Waals surface area contributed by atoms with Crippen LogP contribution >= 0.6 is 11.3 Å². The van der Waals surface area contributed by atoms with Gasteiger partial charge in [-0.1, -0.05) is 65.8 Å². The summed E-state index contributed by atoms with van der Waals surface area (Å²) in [5.41, 5.74) is 0.222.